The molecule has 0 saturated carbocycles. The van der Waals surface area contributed by atoms with Gasteiger partial charge in [0.1, 0.15) is 17.3 Å². The van der Waals surface area contributed by atoms with E-state index >= 15 is 0 Å². The molecule has 0 spiro atoms. The third-order valence-corrected chi connectivity index (χ3v) is 6.06. The first-order chi connectivity index (χ1) is 13.7. The summed E-state index contributed by atoms with van der Waals surface area (Å²) in [6.07, 6.45) is 0.0789. The molecule has 0 aliphatic carbocycles. The number of carbonyl (C=O) groups is 2. The maximum absolute atomic E-state index is 12.4. The summed E-state index contributed by atoms with van der Waals surface area (Å²) >= 11 is 0.989. The number of nitrogens with two attached hydrogens (primary N) is 3. The van der Waals surface area contributed by atoms with Crippen LogP contribution in [0, 0.1) is 0 Å². The Morgan fingerprint density at radius 3 is 2.45 bits per heavy atom. The molecule has 0 amide bonds. The minimum absolute atomic E-state index is 0.0385. The molecule has 29 heavy (non-hydrogen) atoms. The molecule has 1 aromatic heterocycles. The van der Waals surface area contributed by atoms with Crippen LogP contribution in [0.25, 0.3) is 0 Å². The van der Waals surface area contributed by atoms with Crippen molar-refractivity contribution >= 4 is 38.3 Å². The number of esters is 2. The van der Waals surface area contributed by atoms with E-state index in [0.717, 1.165) is 11.3 Å². The topological polar surface area (TPSA) is 180 Å². The SMILES string of the molecule is NC(N)NCCC[C@H](N)C(=O)OC(=O)c1ccsc1NS(=O)(=O)c1ccccc1. The Labute approximate surface area is 172 Å². The van der Waals surface area contributed by atoms with Crippen molar-refractivity contribution in [2.75, 3.05) is 11.3 Å². The lowest BCUT2D eigenvalue weighted by Crippen LogP contribution is -2.45. The van der Waals surface area contributed by atoms with E-state index in [1.54, 1.807) is 18.2 Å². The smallest absolute Gasteiger partial charge is 0.348 e. The number of hydrogen-bond donors (Lipinski definition) is 5. The zero-order valence-electron chi connectivity index (χ0n) is 15.4. The van der Waals surface area contributed by atoms with Crippen LogP contribution in [0.1, 0.15) is 23.2 Å². The monoisotopic (exact) mass is 441 g/mol. The summed E-state index contributed by atoms with van der Waals surface area (Å²) in [6.45, 7) is 0.447. The Morgan fingerprint density at radius 2 is 1.79 bits per heavy atom. The van der Waals surface area contributed by atoms with Crippen molar-refractivity contribution in [1.82, 2.24) is 5.32 Å². The Bertz CT molecular complexity index is 931. The first kappa shape index (κ1) is 22.9. The highest BCUT2D eigenvalue weighted by Gasteiger charge is 2.24. The summed E-state index contributed by atoms with van der Waals surface area (Å²) < 4.78 is 32.0. The predicted octanol–water partition coefficient (Wildman–Crippen LogP) is 0.130. The van der Waals surface area contributed by atoms with Crippen LogP contribution >= 0.6 is 11.3 Å². The first-order valence-corrected chi connectivity index (χ1v) is 11.0. The molecule has 0 aliphatic rings. The highest BCUT2D eigenvalue weighted by Crippen LogP contribution is 2.27. The van der Waals surface area contributed by atoms with E-state index in [-0.39, 0.29) is 21.9 Å². The molecule has 0 fully saturated rings. The van der Waals surface area contributed by atoms with Gasteiger partial charge in [0.15, 0.2) is 0 Å². The molecule has 2 aromatic rings. The fraction of sp³-hybridized carbons (Fsp3) is 0.294. The summed E-state index contributed by atoms with van der Waals surface area (Å²) in [4.78, 5) is 24.4. The van der Waals surface area contributed by atoms with Crippen LogP contribution in [-0.2, 0) is 19.6 Å². The summed E-state index contributed by atoms with van der Waals surface area (Å²) in [6, 6.07) is 8.02. The van der Waals surface area contributed by atoms with Crippen molar-refractivity contribution in [2.45, 2.75) is 30.1 Å². The third kappa shape index (κ3) is 6.88. The van der Waals surface area contributed by atoms with Gasteiger partial charge in [-0.2, -0.15) is 0 Å². The standard InChI is InChI=1S/C17H23N5O5S2/c18-13(7-4-9-21-17(19)20)16(24)27-15(23)12-8-10-28-14(12)22-29(25,26)11-5-2-1-3-6-11/h1-3,5-6,8,10,13,17,21-22H,4,7,9,18-20H2/t13-/m0/s1. The van der Waals surface area contributed by atoms with E-state index in [4.69, 9.17) is 21.9 Å². The van der Waals surface area contributed by atoms with Crippen LogP contribution in [-0.4, -0.2) is 39.2 Å². The van der Waals surface area contributed by atoms with Gasteiger partial charge in [0, 0.05) is 0 Å². The van der Waals surface area contributed by atoms with Gasteiger partial charge in [-0.25, -0.2) is 18.0 Å². The minimum Gasteiger partial charge on any atom is -0.388 e. The number of nitrogens with one attached hydrogen (secondary N) is 2. The molecule has 0 saturated heterocycles. The average Bonchev–Trinajstić information content (AvgIpc) is 3.13. The van der Waals surface area contributed by atoms with Crippen LogP contribution in [0.2, 0.25) is 0 Å². The largest absolute Gasteiger partial charge is 0.388 e. The lowest BCUT2D eigenvalue weighted by atomic mass is 10.1. The predicted molar refractivity (Wildman–Crippen MR) is 109 cm³/mol. The van der Waals surface area contributed by atoms with E-state index in [1.807, 2.05) is 0 Å². The van der Waals surface area contributed by atoms with E-state index in [2.05, 4.69) is 10.0 Å². The molecular weight excluding hydrogens is 418 g/mol. The highest BCUT2D eigenvalue weighted by molar-refractivity contribution is 7.93. The summed E-state index contributed by atoms with van der Waals surface area (Å²) in [5, 5.41) is 4.31. The van der Waals surface area contributed by atoms with Crippen molar-refractivity contribution in [3.8, 4) is 0 Å². The van der Waals surface area contributed by atoms with Gasteiger partial charge in [-0.3, -0.25) is 10.0 Å². The number of rotatable bonds is 10. The number of carbonyl (C=O) groups excluding carboxylic acids is 2. The van der Waals surface area contributed by atoms with Crippen LogP contribution in [0.3, 0.4) is 0 Å². The molecular formula is C17H23N5O5S2. The average molecular weight is 442 g/mol. The number of ether oxygens (including phenoxy) is 1. The van der Waals surface area contributed by atoms with Crippen LogP contribution in [0.15, 0.2) is 46.7 Å². The fourth-order valence-corrected chi connectivity index (χ4v) is 4.39. The number of hydrogen-bond acceptors (Lipinski definition) is 10. The van der Waals surface area contributed by atoms with Gasteiger partial charge < -0.3 is 21.9 Å². The zero-order chi connectivity index (χ0) is 21.4. The minimum atomic E-state index is -3.89. The molecule has 8 N–H and O–H groups in total. The Hall–Kier alpha value is -2.35. The van der Waals surface area contributed by atoms with Crippen molar-refractivity contribution in [3.05, 3.63) is 47.3 Å². The molecule has 1 heterocycles. The zero-order valence-corrected chi connectivity index (χ0v) is 17.0. The van der Waals surface area contributed by atoms with Gasteiger partial charge in [0.2, 0.25) is 0 Å². The van der Waals surface area contributed by atoms with Gasteiger partial charge >= 0.3 is 11.9 Å². The van der Waals surface area contributed by atoms with Gasteiger partial charge in [0.25, 0.3) is 10.0 Å². The van der Waals surface area contributed by atoms with E-state index in [9.17, 15) is 18.0 Å². The van der Waals surface area contributed by atoms with E-state index in [1.165, 1.54) is 23.6 Å². The number of sulfonamides is 1. The molecule has 12 heteroatoms. The summed E-state index contributed by atoms with van der Waals surface area (Å²) in [7, 11) is -3.89. The van der Waals surface area contributed by atoms with Crippen molar-refractivity contribution in [1.29, 1.82) is 0 Å². The fourth-order valence-electron chi connectivity index (χ4n) is 2.26. The molecule has 158 valence electrons. The molecule has 1 atom stereocenters. The van der Waals surface area contributed by atoms with E-state index in [0.29, 0.717) is 13.0 Å². The maximum Gasteiger partial charge on any atom is 0.348 e. The number of thiophene rings is 1. The molecule has 0 bridgehead atoms. The van der Waals surface area contributed by atoms with Gasteiger partial charge in [-0.1, -0.05) is 18.2 Å². The normalized spacial score (nSPS) is 12.6. The first-order valence-electron chi connectivity index (χ1n) is 8.62. The molecule has 0 radical (unpaired) electrons. The molecule has 0 aliphatic heterocycles. The number of anilines is 1. The van der Waals surface area contributed by atoms with Crippen molar-refractivity contribution in [2.24, 2.45) is 17.2 Å². The van der Waals surface area contributed by atoms with Crippen LogP contribution < -0.4 is 27.2 Å². The molecule has 0 unspecified atom stereocenters. The Kier molecular flexibility index (Phi) is 8.25. The van der Waals surface area contributed by atoms with Crippen molar-refractivity contribution in [3.63, 3.8) is 0 Å². The molecule has 2 rings (SSSR count). The molecule has 10 nitrogen and oxygen atoms in total. The third-order valence-electron chi connectivity index (χ3n) is 3.73. The van der Waals surface area contributed by atoms with E-state index < -0.39 is 34.3 Å². The second-order valence-corrected chi connectivity index (χ2v) is 8.62. The Balaban J connectivity index is 1.97. The van der Waals surface area contributed by atoms with Gasteiger partial charge in [0.05, 0.1) is 10.5 Å². The number of benzene rings is 1. The Morgan fingerprint density at radius 1 is 1.10 bits per heavy atom. The van der Waals surface area contributed by atoms with Gasteiger partial charge in [-0.05, 0) is 43.0 Å². The van der Waals surface area contributed by atoms with Crippen LogP contribution in [0.5, 0.6) is 0 Å². The van der Waals surface area contributed by atoms with Crippen LogP contribution in [0.4, 0.5) is 5.00 Å². The quantitative estimate of drug-likeness (QED) is 0.148. The van der Waals surface area contributed by atoms with Gasteiger partial charge in [-0.15, -0.1) is 11.3 Å². The second kappa shape index (κ2) is 10.4. The lowest BCUT2D eigenvalue weighted by molar-refractivity contribution is -0.139. The van der Waals surface area contributed by atoms with Crippen molar-refractivity contribution < 1.29 is 22.7 Å². The molecule has 1 aromatic carbocycles. The second-order valence-electron chi connectivity index (χ2n) is 6.02. The maximum atomic E-state index is 12.4. The summed E-state index contributed by atoms with van der Waals surface area (Å²) in [5.74, 6) is -1.89. The summed E-state index contributed by atoms with van der Waals surface area (Å²) in [5.41, 5.74) is 16.3. The highest BCUT2D eigenvalue weighted by atomic mass is 32.2. The lowest BCUT2D eigenvalue weighted by Gasteiger charge is -2.12.